The molecule has 8 heteroatoms. The number of aryl methyl sites for hydroxylation is 2. The van der Waals surface area contributed by atoms with E-state index >= 15 is 0 Å². The van der Waals surface area contributed by atoms with E-state index in [2.05, 4.69) is 15.3 Å². The first-order valence-electron chi connectivity index (χ1n) is 8.14. The maximum absolute atomic E-state index is 12.9. The van der Waals surface area contributed by atoms with Crippen LogP contribution in [-0.2, 0) is 0 Å². The molecule has 0 unspecified atom stereocenters. The van der Waals surface area contributed by atoms with Gasteiger partial charge in [-0.1, -0.05) is 23.8 Å². The van der Waals surface area contributed by atoms with E-state index in [4.69, 9.17) is 4.74 Å². The van der Waals surface area contributed by atoms with Gasteiger partial charge < -0.3 is 4.74 Å². The fraction of sp³-hybridized carbons (Fsp3) is 0.211. The number of alkyl halides is 2. The molecule has 2 aromatic carbocycles. The fourth-order valence-corrected chi connectivity index (χ4v) is 2.94. The van der Waals surface area contributed by atoms with E-state index in [9.17, 15) is 8.78 Å². The smallest absolute Gasteiger partial charge is 0.291 e. The van der Waals surface area contributed by atoms with Gasteiger partial charge in [0.05, 0.1) is 13.3 Å². The highest BCUT2D eigenvalue weighted by molar-refractivity contribution is 7.99. The van der Waals surface area contributed by atoms with E-state index in [1.165, 1.54) is 4.68 Å². The van der Waals surface area contributed by atoms with Gasteiger partial charge in [0.1, 0.15) is 5.75 Å². The molecule has 3 rings (SSSR count). The third-order valence-electron chi connectivity index (χ3n) is 3.90. The van der Waals surface area contributed by atoms with Gasteiger partial charge in [0, 0.05) is 5.56 Å². The van der Waals surface area contributed by atoms with Gasteiger partial charge in [-0.2, -0.15) is 18.6 Å². The number of methoxy groups -OCH3 is 1. The Bertz CT molecular complexity index is 955. The number of benzene rings is 2. The molecule has 0 fully saturated rings. The molecule has 27 heavy (non-hydrogen) atoms. The van der Waals surface area contributed by atoms with Crippen molar-refractivity contribution in [3.05, 3.63) is 59.2 Å². The highest BCUT2D eigenvalue weighted by atomic mass is 32.2. The largest absolute Gasteiger partial charge is 0.497 e. The lowest BCUT2D eigenvalue weighted by molar-refractivity contribution is 0.251. The summed E-state index contributed by atoms with van der Waals surface area (Å²) in [7, 11) is 1.57. The highest BCUT2D eigenvalue weighted by Crippen LogP contribution is 2.28. The van der Waals surface area contributed by atoms with Crippen molar-refractivity contribution in [3.8, 4) is 17.1 Å². The normalized spacial score (nSPS) is 11.5. The summed E-state index contributed by atoms with van der Waals surface area (Å²) in [5.41, 5.74) is 3.72. The van der Waals surface area contributed by atoms with Crippen LogP contribution in [0.3, 0.4) is 0 Å². The van der Waals surface area contributed by atoms with Gasteiger partial charge in [0.15, 0.2) is 5.82 Å². The highest BCUT2D eigenvalue weighted by Gasteiger charge is 2.18. The molecule has 5 nitrogen and oxygen atoms in total. The lowest BCUT2D eigenvalue weighted by atomic mass is 10.1. The predicted molar refractivity (Wildman–Crippen MR) is 103 cm³/mol. The number of aromatic nitrogens is 3. The monoisotopic (exact) mass is 388 g/mol. The minimum atomic E-state index is -2.62. The first-order chi connectivity index (χ1) is 13.0. The minimum absolute atomic E-state index is 0.0253. The molecule has 0 saturated carbocycles. The summed E-state index contributed by atoms with van der Waals surface area (Å²) >= 11 is 0.308. The van der Waals surface area contributed by atoms with Crippen molar-refractivity contribution in [2.24, 2.45) is 5.10 Å². The number of hydrogen-bond donors (Lipinski definition) is 0. The van der Waals surface area contributed by atoms with Crippen LogP contribution in [0.2, 0.25) is 0 Å². The van der Waals surface area contributed by atoms with Gasteiger partial charge in [0.2, 0.25) is 5.16 Å². The molecule has 0 aliphatic rings. The second-order valence-corrected chi connectivity index (χ2v) is 6.79. The molecule has 0 aliphatic heterocycles. The molecule has 1 heterocycles. The minimum Gasteiger partial charge on any atom is -0.497 e. The van der Waals surface area contributed by atoms with E-state index in [1.807, 2.05) is 32.0 Å². The van der Waals surface area contributed by atoms with Gasteiger partial charge in [0.25, 0.3) is 5.76 Å². The molecule has 0 N–H and O–H groups in total. The zero-order valence-electron chi connectivity index (χ0n) is 15.1. The molecule has 0 aliphatic carbocycles. The Balaban J connectivity index is 2.03. The van der Waals surface area contributed by atoms with Crippen LogP contribution < -0.4 is 4.74 Å². The molecule has 0 spiro atoms. The summed E-state index contributed by atoms with van der Waals surface area (Å²) in [6.07, 6.45) is 1.63. The lowest BCUT2D eigenvalue weighted by Crippen LogP contribution is -1.99. The van der Waals surface area contributed by atoms with Crippen molar-refractivity contribution in [1.29, 1.82) is 0 Å². The SMILES string of the molecule is COc1ccc(-c2nnc(SC(F)F)n2/N=C\c2cc(C)ccc2C)cc1. The number of thioether (sulfide) groups is 1. The van der Waals surface area contributed by atoms with Crippen molar-refractivity contribution in [2.75, 3.05) is 7.11 Å². The average Bonchev–Trinajstić information content (AvgIpc) is 3.04. The molecule has 140 valence electrons. The summed E-state index contributed by atoms with van der Waals surface area (Å²) in [5.74, 6) is -1.55. The van der Waals surface area contributed by atoms with Crippen LogP contribution in [0.5, 0.6) is 5.75 Å². The van der Waals surface area contributed by atoms with Gasteiger partial charge in [-0.3, -0.25) is 0 Å². The molecule has 1 aromatic heterocycles. The maximum Gasteiger partial charge on any atom is 0.291 e. The number of hydrogen-bond acceptors (Lipinski definition) is 5. The standard InChI is InChI=1S/C19H18F2N4OS/c1-12-4-5-13(2)15(10-12)11-22-25-17(23-24-19(25)27-18(20)21)14-6-8-16(26-3)9-7-14/h4-11,18H,1-3H3/b22-11-. The van der Waals surface area contributed by atoms with Gasteiger partial charge in [-0.05, 0) is 61.0 Å². The van der Waals surface area contributed by atoms with Crippen LogP contribution in [0, 0.1) is 13.8 Å². The van der Waals surface area contributed by atoms with E-state index in [0.29, 0.717) is 28.9 Å². The Morgan fingerprint density at radius 3 is 2.52 bits per heavy atom. The Hall–Kier alpha value is -2.74. The summed E-state index contributed by atoms with van der Waals surface area (Å²) in [5, 5.41) is 12.3. The Morgan fingerprint density at radius 2 is 1.85 bits per heavy atom. The Kier molecular flexibility index (Phi) is 5.85. The van der Waals surface area contributed by atoms with E-state index in [0.717, 1.165) is 16.7 Å². The molecule has 0 radical (unpaired) electrons. The molecule has 0 bridgehead atoms. The van der Waals surface area contributed by atoms with Crippen molar-refractivity contribution in [1.82, 2.24) is 14.9 Å². The van der Waals surface area contributed by atoms with E-state index in [1.54, 1.807) is 37.6 Å². The third kappa shape index (κ3) is 4.51. The van der Waals surface area contributed by atoms with Crippen LogP contribution in [0.25, 0.3) is 11.4 Å². The molecule has 0 saturated heterocycles. The number of nitrogens with zero attached hydrogens (tertiary/aromatic N) is 4. The van der Waals surface area contributed by atoms with Crippen LogP contribution in [0.4, 0.5) is 8.78 Å². The van der Waals surface area contributed by atoms with Gasteiger partial charge in [-0.25, -0.2) is 0 Å². The summed E-state index contributed by atoms with van der Waals surface area (Å²) in [6, 6.07) is 13.1. The Labute approximate surface area is 160 Å². The summed E-state index contributed by atoms with van der Waals surface area (Å²) in [4.78, 5) is 0. The van der Waals surface area contributed by atoms with Crippen molar-refractivity contribution >= 4 is 18.0 Å². The second-order valence-electron chi connectivity index (χ2n) is 5.83. The van der Waals surface area contributed by atoms with E-state index < -0.39 is 5.76 Å². The van der Waals surface area contributed by atoms with Crippen molar-refractivity contribution < 1.29 is 13.5 Å². The van der Waals surface area contributed by atoms with Crippen LogP contribution in [0.1, 0.15) is 16.7 Å². The van der Waals surface area contributed by atoms with Crippen molar-refractivity contribution in [3.63, 3.8) is 0 Å². The van der Waals surface area contributed by atoms with Gasteiger partial charge in [-0.15, -0.1) is 10.2 Å². The maximum atomic E-state index is 12.9. The fourth-order valence-electron chi connectivity index (χ4n) is 2.46. The summed E-state index contributed by atoms with van der Waals surface area (Å²) < 4.78 is 32.3. The number of ether oxygens (including phenoxy) is 1. The number of halogens is 2. The second kappa shape index (κ2) is 8.30. The predicted octanol–water partition coefficient (Wildman–Crippen LogP) is 4.77. The topological polar surface area (TPSA) is 52.3 Å². The Morgan fingerprint density at radius 1 is 1.11 bits per heavy atom. The zero-order chi connectivity index (χ0) is 19.4. The lowest BCUT2D eigenvalue weighted by Gasteiger charge is -2.06. The number of rotatable bonds is 6. The first-order valence-corrected chi connectivity index (χ1v) is 9.02. The zero-order valence-corrected chi connectivity index (χ0v) is 15.9. The van der Waals surface area contributed by atoms with Gasteiger partial charge >= 0.3 is 0 Å². The molecular weight excluding hydrogens is 370 g/mol. The van der Waals surface area contributed by atoms with Crippen LogP contribution >= 0.6 is 11.8 Å². The quantitative estimate of drug-likeness (QED) is 0.451. The van der Waals surface area contributed by atoms with E-state index in [-0.39, 0.29) is 5.16 Å². The molecular formula is C19H18F2N4OS. The molecule has 0 amide bonds. The average molecular weight is 388 g/mol. The molecule has 3 aromatic rings. The molecule has 0 atom stereocenters. The first kappa shape index (κ1) is 19.0. The third-order valence-corrected chi connectivity index (χ3v) is 4.55. The van der Waals surface area contributed by atoms with Crippen LogP contribution in [-0.4, -0.2) is 34.0 Å². The van der Waals surface area contributed by atoms with Crippen molar-refractivity contribution in [2.45, 2.75) is 24.8 Å². The van der Waals surface area contributed by atoms with Crippen LogP contribution in [0.15, 0.2) is 52.7 Å². The summed E-state index contributed by atoms with van der Waals surface area (Å²) in [6.45, 7) is 3.95.